The maximum atomic E-state index is 12.6. The Hall–Kier alpha value is -1.60. The van der Waals surface area contributed by atoms with E-state index in [-0.39, 0.29) is 17.9 Å². The summed E-state index contributed by atoms with van der Waals surface area (Å²) in [7, 11) is 0. The van der Waals surface area contributed by atoms with Crippen molar-refractivity contribution in [3.8, 4) is 0 Å². The van der Waals surface area contributed by atoms with Crippen LogP contribution in [-0.4, -0.2) is 30.4 Å². The van der Waals surface area contributed by atoms with Crippen molar-refractivity contribution in [3.05, 3.63) is 63.1 Å². The molecule has 1 amide bonds. The van der Waals surface area contributed by atoms with E-state index in [1.165, 1.54) is 0 Å². The number of hydrogen-bond donors (Lipinski definition) is 0. The SMILES string of the molecule is O=C(C1CC1)N1CCN(c2ccc(Cl)cc2Cl)C(c2c#cc(Cl)cc2)C1. The van der Waals surface area contributed by atoms with Gasteiger partial charge in [0, 0.05) is 36.1 Å². The minimum atomic E-state index is -0.0568. The zero-order valence-electron chi connectivity index (χ0n) is 14.0. The Morgan fingerprint density at radius 2 is 1.85 bits per heavy atom. The van der Waals surface area contributed by atoms with E-state index in [0.29, 0.717) is 34.7 Å². The molecule has 26 heavy (non-hydrogen) atoms. The maximum Gasteiger partial charge on any atom is 0.225 e. The molecule has 0 N–H and O–H groups in total. The van der Waals surface area contributed by atoms with Crippen molar-refractivity contribution in [3.63, 3.8) is 0 Å². The van der Waals surface area contributed by atoms with Crippen molar-refractivity contribution in [2.75, 3.05) is 24.5 Å². The van der Waals surface area contributed by atoms with Crippen LogP contribution < -0.4 is 4.90 Å². The van der Waals surface area contributed by atoms with Crippen molar-refractivity contribution in [2.45, 2.75) is 18.9 Å². The van der Waals surface area contributed by atoms with Gasteiger partial charge in [-0.1, -0.05) is 40.9 Å². The molecular formula is C20H17Cl3N2O. The molecule has 1 saturated carbocycles. The van der Waals surface area contributed by atoms with Gasteiger partial charge in [-0.2, -0.15) is 0 Å². The third-order valence-corrected chi connectivity index (χ3v) is 5.69. The van der Waals surface area contributed by atoms with E-state index in [1.807, 2.05) is 23.1 Å². The third kappa shape index (κ3) is 3.60. The van der Waals surface area contributed by atoms with Crippen molar-refractivity contribution in [1.29, 1.82) is 0 Å². The van der Waals surface area contributed by atoms with E-state index in [0.717, 1.165) is 24.1 Å². The van der Waals surface area contributed by atoms with Gasteiger partial charge in [0.15, 0.2) is 0 Å². The maximum absolute atomic E-state index is 12.6. The zero-order chi connectivity index (χ0) is 18.3. The summed E-state index contributed by atoms with van der Waals surface area (Å²) < 4.78 is 0. The highest BCUT2D eigenvalue weighted by Crippen LogP contribution is 2.38. The quantitative estimate of drug-likeness (QED) is 0.711. The average Bonchev–Trinajstić information content (AvgIpc) is 3.47. The molecule has 1 unspecified atom stereocenters. The fraction of sp³-hybridized carbons (Fsp3) is 0.350. The molecular weight excluding hydrogens is 391 g/mol. The molecule has 6 heteroatoms. The Kier molecular flexibility index (Phi) is 4.92. The van der Waals surface area contributed by atoms with Gasteiger partial charge in [0.2, 0.25) is 5.91 Å². The van der Waals surface area contributed by atoms with E-state index >= 15 is 0 Å². The zero-order valence-corrected chi connectivity index (χ0v) is 16.3. The average molecular weight is 408 g/mol. The van der Waals surface area contributed by atoms with Crippen molar-refractivity contribution in [1.82, 2.24) is 4.90 Å². The Labute approximate surface area is 168 Å². The lowest BCUT2D eigenvalue weighted by atomic mass is 10.0. The molecule has 1 aliphatic carbocycles. The van der Waals surface area contributed by atoms with E-state index in [4.69, 9.17) is 34.8 Å². The smallest absolute Gasteiger partial charge is 0.225 e. The normalized spacial score (nSPS) is 20.0. The number of carbonyl (C=O) groups is 1. The Morgan fingerprint density at radius 3 is 2.50 bits per heavy atom. The summed E-state index contributed by atoms with van der Waals surface area (Å²) >= 11 is 18.5. The first-order chi connectivity index (χ1) is 12.5. The molecule has 2 aromatic carbocycles. The molecule has 1 atom stereocenters. The van der Waals surface area contributed by atoms with Crippen molar-refractivity contribution < 1.29 is 4.79 Å². The summed E-state index contributed by atoms with van der Waals surface area (Å²) in [4.78, 5) is 16.7. The molecule has 1 aliphatic heterocycles. The molecule has 1 heterocycles. The number of halogens is 3. The van der Waals surface area contributed by atoms with E-state index in [2.05, 4.69) is 17.0 Å². The number of hydrogen-bond acceptors (Lipinski definition) is 2. The topological polar surface area (TPSA) is 23.6 Å². The number of piperazine rings is 1. The summed E-state index contributed by atoms with van der Waals surface area (Å²) in [5.74, 6) is 0.469. The second kappa shape index (κ2) is 7.19. The highest BCUT2D eigenvalue weighted by atomic mass is 35.5. The first-order valence-corrected chi connectivity index (χ1v) is 9.76. The predicted octanol–water partition coefficient (Wildman–Crippen LogP) is 5.05. The summed E-state index contributed by atoms with van der Waals surface area (Å²) in [6, 6.07) is 15.2. The summed E-state index contributed by atoms with van der Waals surface area (Å²) in [5, 5.41) is 1.72. The molecule has 0 bridgehead atoms. The van der Waals surface area contributed by atoms with Gasteiger partial charge in [0.1, 0.15) is 0 Å². The van der Waals surface area contributed by atoms with Gasteiger partial charge in [0.25, 0.3) is 0 Å². The van der Waals surface area contributed by atoms with E-state index in [9.17, 15) is 4.79 Å². The number of benzene rings is 1. The fourth-order valence-corrected chi connectivity index (χ4v) is 4.04. The molecule has 134 valence electrons. The lowest BCUT2D eigenvalue weighted by Gasteiger charge is -2.43. The Morgan fingerprint density at radius 1 is 1.04 bits per heavy atom. The number of anilines is 1. The van der Waals surface area contributed by atoms with Crippen LogP contribution in [0, 0.1) is 18.1 Å². The van der Waals surface area contributed by atoms with Crippen LogP contribution in [0.15, 0.2) is 30.3 Å². The van der Waals surface area contributed by atoms with Crippen molar-refractivity contribution >= 4 is 46.4 Å². The monoisotopic (exact) mass is 406 g/mol. The molecule has 4 rings (SSSR count). The van der Waals surface area contributed by atoms with Crippen LogP contribution in [-0.2, 0) is 4.79 Å². The molecule has 2 aromatic rings. The highest BCUT2D eigenvalue weighted by Gasteiger charge is 2.38. The molecule has 0 spiro atoms. The van der Waals surface area contributed by atoms with Gasteiger partial charge in [-0.15, -0.1) is 0 Å². The van der Waals surface area contributed by atoms with E-state index < -0.39 is 0 Å². The van der Waals surface area contributed by atoms with Gasteiger partial charge in [-0.3, -0.25) is 4.79 Å². The standard InChI is InChI=1S/C20H17Cl3N2O/c21-15-5-3-13(4-6-15)19-12-24(20(26)14-1-2-14)9-10-25(19)18-8-7-16(22)11-17(18)23/h3,5,7-8,11,14,19H,1-2,9-10,12H2. The number of amides is 1. The van der Waals surface area contributed by atoms with Crippen LogP contribution in [0.4, 0.5) is 5.69 Å². The Bertz CT molecular complexity index is 820. The minimum absolute atomic E-state index is 0.0568. The molecule has 2 fully saturated rings. The number of carbonyl (C=O) groups excluding carboxylic acids is 1. The number of rotatable bonds is 3. The van der Waals surface area contributed by atoms with Gasteiger partial charge < -0.3 is 9.80 Å². The molecule has 1 saturated heterocycles. The van der Waals surface area contributed by atoms with Gasteiger partial charge in [-0.05, 0) is 49.2 Å². The van der Waals surface area contributed by atoms with Crippen LogP contribution in [0.2, 0.25) is 15.1 Å². The largest absolute Gasteiger partial charge is 0.359 e. The number of nitrogens with zero attached hydrogens (tertiary/aromatic N) is 2. The van der Waals surface area contributed by atoms with Crippen molar-refractivity contribution in [2.24, 2.45) is 5.92 Å². The highest BCUT2D eigenvalue weighted by molar-refractivity contribution is 6.36. The van der Waals surface area contributed by atoms with Crippen LogP contribution in [0.1, 0.15) is 24.4 Å². The lowest BCUT2D eigenvalue weighted by molar-refractivity contribution is -0.133. The predicted molar refractivity (Wildman–Crippen MR) is 105 cm³/mol. The van der Waals surface area contributed by atoms with Crippen LogP contribution in [0.3, 0.4) is 0 Å². The Balaban J connectivity index is 1.67. The van der Waals surface area contributed by atoms with Gasteiger partial charge in [-0.25, -0.2) is 0 Å². The van der Waals surface area contributed by atoms with Crippen LogP contribution in [0.5, 0.6) is 0 Å². The summed E-state index contributed by atoms with van der Waals surface area (Å²) in [5.41, 5.74) is 1.84. The van der Waals surface area contributed by atoms with Crippen LogP contribution >= 0.6 is 34.8 Å². The van der Waals surface area contributed by atoms with Gasteiger partial charge >= 0.3 is 0 Å². The van der Waals surface area contributed by atoms with Crippen LogP contribution in [0.25, 0.3) is 0 Å². The summed E-state index contributed by atoms with van der Waals surface area (Å²) in [6.45, 7) is 1.98. The first kappa shape index (κ1) is 17.8. The lowest BCUT2D eigenvalue weighted by Crippen LogP contribution is -2.51. The van der Waals surface area contributed by atoms with Gasteiger partial charge in [0.05, 0.1) is 21.8 Å². The fourth-order valence-electron chi connectivity index (χ4n) is 3.41. The summed E-state index contributed by atoms with van der Waals surface area (Å²) in [6.07, 6.45) is 2.02. The second-order valence-electron chi connectivity index (χ2n) is 6.75. The minimum Gasteiger partial charge on any atom is -0.359 e. The van der Waals surface area contributed by atoms with E-state index in [1.54, 1.807) is 12.1 Å². The molecule has 3 nitrogen and oxygen atoms in total. The molecule has 0 radical (unpaired) electrons. The second-order valence-corrected chi connectivity index (χ2v) is 8.00. The molecule has 0 aromatic heterocycles. The molecule has 2 aliphatic rings. The first-order valence-electron chi connectivity index (χ1n) is 8.63. The third-order valence-electron chi connectivity index (χ3n) is 4.93.